The van der Waals surface area contributed by atoms with Gasteiger partial charge in [0.2, 0.25) is 0 Å². The molecule has 0 bridgehead atoms. The van der Waals surface area contributed by atoms with Crippen molar-refractivity contribution < 1.29 is 4.79 Å². The van der Waals surface area contributed by atoms with Crippen LogP contribution in [0.4, 0.5) is 5.00 Å². The van der Waals surface area contributed by atoms with Crippen molar-refractivity contribution in [2.24, 2.45) is 5.92 Å². The number of thiazole rings is 1. The van der Waals surface area contributed by atoms with Gasteiger partial charge in [-0.1, -0.05) is 19.4 Å². The maximum absolute atomic E-state index is 12.6. The van der Waals surface area contributed by atoms with E-state index in [0.717, 1.165) is 59.3 Å². The van der Waals surface area contributed by atoms with Crippen LogP contribution in [0.5, 0.6) is 0 Å². The van der Waals surface area contributed by atoms with Crippen molar-refractivity contribution in [3.05, 3.63) is 33.2 Å². The number of thiophene rings is 1. The Morgan fingerprint density at radius 3 is 2.96 bits per heavy atom. The Bertz CT molecular complexity index is 831. The first kappa shape index (κ1) is 17.0. The third-order valence-electron chi connectivity index (χ3n) is 5.34. The van der Waals surface area contributed by atoms with Crippen molar-refractivity contribution in [1.82, 2.24) is 4.98 Å². The summed E-state index contributed by atoms with van der Waals surface area (Å²) in [6.07, 6.45) is 9.85. The van der Waals surface area contributed by atoms with E-state index >= 15 is 0 Å². The zero-order valence-electron chi connectivity index (χ0n) is 14.9. The number of fused-ring (bicyclic) bond motifs is 1. The summed E-state index contributed by atoms with van der Waals surface area (Å²) in [6, 6.07) is 0. The molecule has 132 valence electrons. The maximum atomic E-state index is 12.6. The molecule has 0 fully saturated rings. The fourth-order valence-electron chi connectivity index (χ4n) is 3.85. The monoisotopic (exact) mass is 372 g/mol. The van der Waals surface area contributed by atoms with Gasteiger partial charge in [-0.3, -0.25) is 4.79 Å². The van der Waals surface area contributed by atoms with Gasteiger partial charge in [-0.2, -0.15) is 0 Å². The predicted octanol–water partition coefficient (Wildman–Crippen LogP) is 5.74. The predicted molar refractivity (Wildman–Crippen MR) is 107 cm³/mol. The Kier molecular flexibility index (Phi) is 4.78. The first-order valence-corrected chi connectivity index (χ1v) is 10.9. The lowest BCUT2D eigenvalue weighted by Crippen LogP contribution is -2.13. The summed E-state index contributed by atoms with van der Waals surface area (Å²) in [4.78, 5) is 18.8. The number of rotatable bonds is 4. The maximum Gasteiger partial charge on any atom is 0.251 e. The Labute approximate surface area is 157 Å². The average molecular weight is 373 g/mol. The number of nitrogens with zero attached hydrogens (tertiary/aromatic N) is 1. The molecule has 5 heteroatoms. The number of anilines is 1. The van der Waals surface area contributed by atoms with Gasteiger partial charge in [0.05, 0.1) is 0 Å². The minimum absolute atomic E-state index is 0.0812. The third-order valence-corrected chi connectivity index (χ3v) is 7.48. The Hall–Kier alpha value is -1.46. The number of aromatic nitrogens is 1. The lowest BCUT2D eigenvalue weighted by Gasteiger charge is -2.21. The number of nitrogens with one attached hydrogen (secondary N) is 1. The lowest BCUT2D eigenvalue weighted by molar-refractivity contribution is -0.112. The van der Waals surface area contributed by atoms with E-state index in [-0.39, 0.29) is 5.91 Å². The number of hydrogen-bond donors (Lipinski definition) is 1. The van der Waals surface area contributed by atoms with Gasteiger partial charge < -0.3 is 5.32 Å². The van der Waals surface area contributed by atoms with Crippen LogP contribution in [0.1, 0.15) is 55.2 Å². The molecule has 25 heavy (non-hydrogen) atoms. The van der Waals surface area contributed by atoms with Crippen molar-refractivity contribution >= 4 is 33.6 Å². The number of allylic oxidation sites excluding steroid dienone is 1. The normalized spacial score (nSPS) is 19.6. The first-order valence-electron chi connectivity index (χ1n) is 9.23. The van der Waals surface area contributed by atoms with Crippen LogP contribution in [0.15, 0.2) is 17.0 Å². The number of aryl methyl sites for hydroxylation is 1. The van der Waals surface area contributed by atoms with Gasteiger partial charge in [0.25, 0.3) is 5.91 Å². The van der Waals surface area contributed by atoms with E-state index in [1.54, 1.807) is 22.7 Å². The quantitative estimate of drug-likeness (QED) is 0.743. The van der Waals surface area contributed by atoms with E-state index in [1.165, 1.54) is 28.8 Å². The summed E-state index contributed by atoms with van der Waals surface area (Å²) in [5, 5.41) is 7.39. The molecule has 0 aromatic carbocycles. The third kappa shape index (κ3) is 3.32. The summed E-state index contributed by atoms with van der Waals surface area (Å²) in [5.41, 5.74) is 4.62. The van der Waals surface area contributed by atoms with E-state index in [4.69, 9.17) is 4.98 Å². The number of amides is 1. The molecule has 2 aliphatic carbocycles. The molecule has 4 rings (SSSR count). The molecule has 0 saturated heterocycles. The van der Waals surface area contributed by atoms with Gasteiger partial charge in [-0.25, -0.2) is 4.98 Å². The molecule has 0 radical (unpaired) electrons. The lowest BCUT2D eigenvalue weighted by atomic mass is 9.86. The van der Waals surface area contributed by atoms with E-state index in [9.17, 15) is 4.79 Å². The SMILES string of the molecule is CC[C@@H]1CCc2c(sc(NC(=O)C3=CCCC3)c2-c2nc(C)cs2)C1. The van der Waals surface area contributed by atoms with Gasteiger partial charge in [0.1, 0.15) is 10.0 Å². The number of carbonyl (C=O) groups excluding carboxylic acids is 1. The van der Waals surface area contributed by atoms with Gasteiger partial charge in [-0.05, 0) is 56.9 Å². The Morgan fingerprint density at radius 1 is 1.40 bits per heavy atom. The van der Waals surface area contributed by atoms with Crippen LogP contribution in [-0.4, -0.2) is 10.9 Å². The Balaban J connectivity index is 1.72. The zero-order valence-corrected chi connectivity index (χ0v) is 16.5. The molecular formula is C20H24N2OS2. The summed E-state index contributed by atoms with van der Waals surface area (Å²) < 4.78 is 0. The summed E-state index contributed by atoms with van der Waals surface area (Å²) in [7, 11) is 0. The molecule has 1 amide bonds. The van der Waals surface area contributed by atoms with E-state index in [0.29, 0.717) is 0 Å². The smallest absolute Gasteiger partial charge is 0.251 e. The van der Waals surface area contributed by atoms with Crippen molar-refractivity contribution in [1.29, 1.82) is 0 Å². The summed E-state index contributed by atoms with van der Waals surface area (Å²) >= 11 is 3.47. The second-order valence-corrected chi connectivity index (χ2v) is 9.06. The highest BCUT2D eigenvalue weighted by atomic mass is 32.1. The topological polar surface area (TPSA) is 42.0 Å². The molecule has 0 saturated carbocycles. The van der Waals surface area contributed by atoms with Crippen molar-refractivity contribution in [3.8, 4) is 10.6 Å². The molecule has 0 spiro atoms. The fourth-order valence-corrected chi connectivity index (χ4v) is 6.14. The average Bonchev–Trinajstić information content (AvgIpc) is 3.33. The van der Waals surface area contributed by atoms with Crippen LogP contribution in [0.2, 0.25) is 0 Å². The van der Waals surface area contributed by atoms with Crippen LogP contribution >= 0.6 is 22.7 Å². The summed E-state index contributed by atoms with van der Waals surface area (Å²) in [5.74, 6) is 0.857. The molecule has 1 atom stereocenters. The van der Waals surface area contributed by atoms with Crippen molar-refractivity contribution in [3.63, 3.8) is 0 Å². The van der Waals surface area contributed by atoms with Gasteiger partial charge in [0.15, 0.2) is 0 Å². The molecule has 0 aliphatic heterocycles. The van der Waals surface area contributed by atoms with Gasteiger partial charge in [-0.15, -0.1) is 22.7 Å². The Morgan fingerprint density at radius 2 is 2.28 bits per heavy atom. The first-order chi connectivity index (χ1) is 12.2. The standard InChI is InChI=1S/C20H24N2OS2/c1-3-13-8-9-15-16(10-13)25-20(17(15)19-21-12(2)11-24-19)22-18(23)14-6-4-5-7-14/h6,11,13H,3-5,7-10H2,1-2H3,(H,22,23)/t13-/m1/s1. The zero-order chi connectivity index (χ0) is 17.4. The van der Waals surface area contributed by atoms with Crippen molar-refractivity contribution in [2.45, 2.75) is 58.8 Å². The molecule has 2 aromatic rings. The fraction of sp³-hybridized carbons (Fsp3) is 0.500. The van der Waals surface area contributed by atoms with E-state index < -0.39 is 0 Å². The largest absolute Gasteiger partial charge is 0.313 e. The highest BCUT2D eigenvalue weighted by molar-refractivity contribution is 7.18. The van der Waals surface area contributed by atoms with Crippen LogP contribution in [0, 0.1) is 12.8 Å². The minimum atomic E-state index is 0.0812. The van der Waals surface area contributed by atoms with Crippen LogP contribution in [-0.2, 0) is 17.6 Å². The number of carbonyl (C=O) groups is 1. The van der Waals surface area contributed by atoms with E-state index in [1.807, 2.05) is 6.92 Å². The highest BCUT2D eigenvalue weighted by Gasteiger charge is 2.28. The molecule has 0 unspecified atom stereocenters. The second-order valence-electron chi connectivity index (χ2n) is 7.09. The molecule has 2 aliphatic rings. The van der Waals surface area contributed by atoms with Crippen LogP contribution in [0.3, 0.4) is 0 Å². The van der Waals surface area contributed by atoms with Crippen molar-refractivity contribution in [2.75, 3.05) is 5.32 Å². The molecule has 2 aromatic heterocycles. The second kappa shape index (κ2) is 7.04. The minimum Gasteiger partial charge on any atom is -0.313 e. The molecule has 3 nitrogen and oxygen atoms in total. The molecule has 2 heterocycles. The van der Waals surface area contributed by atoms with Gasteiger partial charge in [0, 0.05) is 27.1 Å². The summed E-state index contributed by atoms with van der Waals surface area (Å²) in [6.45, 7) is 4.32. The van der Waals surface area contributed by atoms with E-state index in [2.05, 4.69) is 23.7 Å². The highest BCUT2D eigenvalue weighted by Crippen LogP contribution is 2.46. The van der Waals surface area contributed by atoms with Gasteiger partial charge >= 0.3 is 0 Å². The number of hydrogen-bond acceptors (Lipinski definition) is 4. The molecular weight excluding hydrogens is 348 g/mol. The van der Waals surface area contributed by atoms with Crippen LogP contribution < -0.4 is 5.32 Å². The van der Waals surface area contributed by atoms with Crippen LogP contribution in [0.25, 0.3) is 10.6 Å². The molecule has 1 N–H and O–H groups in total.